The molecule has 0 spiro atoms. The van der Waals surface area contributed by atoms with Crippen molar-refractivity contribution in [1.29, 1.82) is 0 Å². The monoisotopic (exact) mass is 316 g/mol. The molecule has 2 saturated heterocycles. The molecule has 1 atom stereocenters. The summed E-state index contributed by atoms with van der Waals surface area (Å²) >= 11 is 0. The van der Waals surface area contributed by atoms with Gasteiger partial charge in [0.15, 0.2) is 0 Å². The number of pyridine rings is 1. The number of halogens is 3. The molecule has 0 aliphatic carbocycles. The Hall–Kier alpha value is -1.83. The van der Waals surface area contributed by atoms with Crippen molar-refractivity contribution >= 4 is 5.91 Å². The standard InChI is InChI=1S/C14H15F3N2O3/c15-14(16,17)11-2-1-3-12(18-11)22-10-6-19(7-10)13(20)9-4-5-21-8-9/h1-3,9-10H,4-8H2. The van der Waals surface area contributed by atoms with Crippen molar-refractivity contribution in [2.75, 3.05) is 26.3 Å². The van der Waals surface area contributed by atoms with Crippen molar-refractivity contribution in [2.45, 2.75) is 18.7 Å². The Balaban J connectivity index is 1.53. The summed E-state index contributed by atoms with van der Waals surface area (Å²) in [4.78, 5) is 17.1. The Bertz CT molecular complexity index is 553. The molecule has 2 aliphatic heterocycles. The number of likely N-dealkylation sites (tertiary alicyclic amines) is 1. The fourth-order valence-electron chi connectivity index (χ4n) is 2.49. The number of nitrogens with zero attached hydrogens (tertiary/aromatic N) is 2. The van der Waals surface area contributed by atoms with E-state index in [0.717, 1.165) is 12.5 Å². The van der Waals surface area contributed by atoms with Gasteiger partial charge in [0, 0.05) is 12.7 Å². The molecular weight excluding hydrogens is 301 g/mol. The second-order valence-corrected chi connectivity index (χ2v) is 5.40. The Labute approximate surface area is 125 Å². The fraction of sp³-hybridized carbons (Fsp3) is 0.571. The molecule has 2 aliphatic rings. The van der Waals surface area contributed by atoms with Crippen LogP contribution in [0.2, 0.25) is 0 Å². The average Bonchev–Trinajstić information content (AvgIpc) is 2.95. The maximum atomic E-state index is 12.6. The highest BCUT2D eigenvalue weighted by molar-refractivity contribution is 5.80. The molecule has 0 radical (unpaired) electrons. The van der Waals surface area contributed by atoms with Gasteiger partial charge in [0.1, 0.15) is 11.8 Å². The third kappa shape index (κ3) is 3.16. The summed E-state index contributed by atoms with van der Waals surface area (Å²) in [5.41, 5.74) is -0.986. The molecule has 1 aromatic rings. The van der Waals surface area contributed by atoms with Crippen molar-refractivity contribution < 1.29 is 27.4 Å². The Morgan fingerprint density at radius 1 is 1.36 bits per heavy atom. The van der Waals surface area contributed by atoms with Crippen molar-refractivity contribution in [3.8, 4) is 5.88 Å². The minimum Gasteiger partial charge on any atom is -0.471 e. The van der Waals surface area contributed by atoms with Gasteiger partial charge >= 0.3 is 6.18 Å². The summed E-state index contributed by atoms with van der Waals surface area (Å²) in [5.74, 6) is -0.155. The van der Waals surface area contributed by atoms with Crippen LogP contribution in [0.25, 0.3) is 0 Å². The smallest absolute Gasteiger partial charge is 0.433 e. The lowest BCUT2D eigenvalue weighted by molar-refractivity contribution is -0.144. The number of rotatable bonds is 3. The first kappa shape index (κ1) is 15.1. The normalized spacial score (nSPS) is 22.5. The Morgan fingerprint density at radius 3 is 2.77 bits per heavy atom. The molecule has 1 amide bonds. The van der Waals surface area contributed by atoms with E-state index in [4.69, 9.17) is 9.47 Å². The summed E-state index contributed by atoms with van der Waals surface area (Å²) < 4.78 is 48.2. The number of hydrogen-bond acceptors (Lipinski definition) is 4. The zero-order valence-electron chi connectivity index (χ0n) is 11.7. The van der Waals surface area contributed by atoms with Crippen molar-refractivity contribution in [3.63, 3.8) is 0 Å². The molecule has 5 nitrogen and oxygen atoms in total. The second kappa shape index (κ2) is 5.75. The minimum atomic E-state index is -4.50. The first-order valence-electron chi connectivity index (χ1n) is 7.01. The molecule has 0 N–H and O–H groups in total. The van der Waals surface area contributed by atoms with Crippen LogP contribution in [0.5, 0.6) is 5.88 Å². The first-order chi connectivity index (χ1) is 10.4. The van der Waals surface area contributed by atoms with Gasteiger partial charge in [-0.05, 0) is 12.5 Å². The van der Waals surface area contributed by atoms with E-state index in [1.807, 2.05) is 0 Å². The van der Waals surface area contributed by atoms with E-state index in [1.54, 1.807) is 4.90 Å². The highest BCUT2D eigenvalue weighted by atomic mass is 19.4. The maximum absolute atomic E-state index is 12.6. The lowest BCUT2D eigenvalue weighted by Gasteiger charge is -2.39. The maximum Gasteiger partial charge on any atom is 0.433 e. The summed E-state index contributed by atoms with van der Waals surface area (Å²) in [7, 11) is 0. The van der Waals surface area contributed by atoms with Crippen LogP contribution in [0, 0.1) is 5.92 Å². The molecule has 0 bridgehead atoms. The van der Waals surface area contributed by atoms with Gasteiger partial charge in [-0.25, -0.2) is 4.98 Å². The Morgan fingerprint density at radius 2 is 2.14 bits per heavy atom. The molecule has 3 rings (SSSR count). The third-order valence-electron chi connectivity index (χ3n) is 3.74. The summed E-state index contributed by atoms with van der Waals surface area (Å²) in [6, 6.07) is 3.52. The van der Waals surface area contributed by atoms with Gasteiger partial charge in [-0.2, -0.15) is 13.2 Å². The molecule has 120 valence electrons. The van der Waals surface area contributed by atoms with E-state index >= 15 is 0 Å². The van der Waals surface area contributed by atoms with Crippen LogP contribution in [0.15, 0.2) is 18.2 Å². The minimum absolute atomic E-state index is 0.0225. The summed E-state index contributed by atoms with van der Waals surface area (Å²) in [6.45, 7) is 1.77. The van der Waals surface area contributed by atoms with Crippen LogP contribution in [0.4, 0.5) is 13.2 Å². The Kier molecular flexibility index (Phi) is 3.94. The quantitative estimate of drug-likeness (QED) is 0.852. The number of ether oxygens (including phenoxy) is 2. The van der Waals surface area contributed by atoms with Crippen molar-refractivity contribution in [3.05, 3.63) is 23.9 Å². The highest BCUT2D eigenvalue weighted by Crippen LogP contribution is 2.29. The molecule has 22 heavy (non-hydrogen) atoms. The van der Waals surface area contributed by atoms with E-state index in [2.05, 4.69) is 4.98 Å². The van der Waals surface area contributed by atoms with Crippen LogP contribution in [-0.4, -0.2) is 48.2 Å². The van der Waals surface area contributed by atoms with Crippen LogP contribution >= 0.6 is 0 Å². The molecule has 0 saturated carbocycles. The van der Waals surface area contributed by atoms with E-state index in [1.165, 1.54) is 12.1 Å². The highest BCUT2D eigenvalue weighted by Gasteiger charge is 2.38. The number of carbonyl (C=O) groups is 1. The van der Waals surface area contributed by atoms with E-state index < -0.39 is 11.9 Å². The zero-order chi connectivity index (χ0) is 15.7. The summed E-state index contributed by atoms with van der Waals surface area (Å²) in [6.07, 6.45) is -4.10. The number of aromatic nitrogens is 1. The van der Waals surface area contributed by atoms with Crippen molar-refractivity contribution in [2.24, 2.45) is 5.92 Å². The molecule has 1 aromatic heterocycles. The van der Waals surface area contributed by atoms with Crippen molar-refractivity contribution in [1.82, 2.24) is 9.88 Å². The predicted octanol–water partition coefficient (Wildman–Crippen LogP) is 1.73. The SMILES string of the molecule is O=C(C1CCOC1)N1CC(Oc2cccc(C(F)(F)F)n2)C1. The molecule has 3 heterocycles. The van der Waals surface area contributed by atoms with Crippen LogP contribution in [0.3, 0.4) is 0 Å². The van der Waals surface area contributed by atoms with Crippen LogP contribution in [0.1, 0.15) is 12.1 Å². The lowest BCUT2D eigenvalue weighted by atomic mass is 10.0. The van der Waals surface area contributed by atoms with E-state index in [0.29, 0.717) is 26.3 Å². The van der Waals surface area contributed by atoms with Gasteiger partial charge in [-0.15, -0.1) is 0 Å². The van der Waals surface area contributed by atoms with Gasteiger partial charge in [-0.1, -0.05) is 6.07 Å². The number of alkyl halides is 3. The van der Waals surface area contributed by atoms with E-state index in [-0.39, 0.29) is 23.8 Å². The first-order valence-corrected chi connectivity index (χ1v) is 7.01. The van der Waals surface area contributed by atoms with Gasteiger partial charge in [-0.3, -0.25) is 4.79 Å². The molecule has 2 fully saturated rings. The predicted molar refractivity (Wildman–Crippen MR) is 69.2 cm³/mol. The number of amides is 1. The van der Waals surface area contributed by atoms with Gasteiger partial charge in [0.25, 0.3) is 0 Å². The molecule has 8 heteroatoms. The molecule has 0 aromatic carbocycles. The summed E-state index contributed by atoms with van der Waals surface area (Å²) in [5, 5.41) is 0. The molecular formula is C14H15F3N2O3. The van der Waals surface area contributed by atoms with Gasteiger partial charge in [0.2, 0.25) is 11.8 Å². The zero-order valence-corrected chi connectivity index (χ0v) is 11.7. The topological polar surface area (TPSA) is 51.7 Å². The van der Waals surface area contributed by atoms with Crippen LogP contribution < -0.4 is 4.74 Å². The number of hydrogen-bond donors (Lipinski definition) is 0. The molecule has 1 unspecified atom stereocenters. The van der Waals surface area contributed by atoms with E-state index in [9.17, 15) is 18.0 Å². The third-order valence-corrected chi connectivity index (χ3v) is 3.74. The van der Waals surface area contributed by atoms with Crippen LogP contribution in [-0.2, 0) is 15.7 Å². The average molecular weight is 316 g/mol. The number of carbonyl (C=O) groups excluding carboxylic acids is 1. The fourth-order valence-corrected chi connectivity index (χ4v) is 2.49. The largest absolute Gasteiger partial charge is 0.471 e. The second-order valence-electron chi connectivity index (χ2n) is 5.40. The van der Waals surface area contributed by atoms with Gasteiger partial charge in [0.05, 0.1) is 25.6 Å². The van der Waals surface area contributed by atoms with Gasteiger partial charge < -0.3 is 14.4 Å². The lowest BCUT2D eigenvalue weighted by Crippen LogP contribution is -2.57.